The van der Waals surface area contributed by atoms with Crippen molar-refractivity contribution in [3.05, 3.63) is 36.4 Å². The SMILES string of the molecule is C=CCC=CCCCC(=C)Cl. The van der Waals surface area contributed by atoms with Crippen LogP contribution in [0.15, 0.2) is 36.4 Å². The van der Waals surface area contributed by atoms with E-state index in [0.717, 1.165) is 30.7 Å². The second kappa shape index (κ2) is 7.62. The zero-order chi connectivity index (χ0) is 8.53. The summed E-state index contributed by atoms with van der Waals surface area (Å²) in [6.45, 7) is 7.23. The van der Waals surface area contributed by atoms with Gasteiger partial charge in [0, 0.05) is 5.03 Å². The molecule has 0 radical (unpaired) electrons. The van der Waals surface area contributed by atoms with Crippen LogP contribution in [0.1, 0.15) is 25.7 Å². The lowest BCUT2D eigenvalue weighted by Gasteiger charge is -1.92. The van der Waals surface area contributed by atoms with Crippen molar-refractivity contribution in [3.8, 4) is 0 Å². The van der Waals surface area contributed by atoms with Gasteiger partial charge >= 0.3 is 0 Å². The number of rotatable bonds is 6. The predicted molar refractivity (Wildman–Crippen MR) is 52.8 cm³/mol. The van der Waals surface area contributed by atoms with Gasteiger partial charge in [0.1, 0.15) is 0 Å². The molecule has 0 heterocycles. The van der Waals surface area contributed by atoms with Crippen LogP contribution in [0.4, 0.5) is 0 Å². The molecule has 0 amide bonds. The van der Waals surface area contributed by atoms with Gasteiger partial charge in [-0.1, -0.05) is 36.4 Å². The fourth-order valence-electron chi connectivity index (χ4n) is 0.722. The minimum atomic E-state index is 0.752. The summed E-state index contributed by atoms with van der Waals surface area (Å²) in [5.74, 6) is 0. The average molecular weight is 171 g/mol. The van der Waals surface area contributed by atoms with Crippen LogP contribution in [0.25, 0.3) is 0 Å². The van der Waals surface area contributed by atoms with Gasteiger partial charge in [-0.05, 0) is 25.7 Å². The predicted octanol–water partition coefficient (Wildman–Crippen LogP) is 4.04. The molecule has 0 fully saturated rings. The molecular weight excluding hydrogens is 156 g/mol. The van der Waals surface area contributed by atoms with Crippen molar-refractivity contribution in [3.63, 3.8) is 0 Å². The Morgan fingerprint density at radius 2 is 2.09 bits per heavy atom. The Morgan fingerprint density at radius 1 is 1.36 bits per heavy atom. The molecule has 1 heteroatoms. The first-order chi connectivity index (χ1) is 5.27. The van der Waals surface area contributed by atoms with Gasteiger partial charge in [-0.2, -0.15) is 0 Å². The van der Waals surface area contributed by atoms with Crippen LogP contribution in [-0.2, 0) is 0 Å². The van der Waals surface area contributed by atoms with Crippen molar-refractivity contribution in [1.82, 2.24) is 0 Å². The molecule has 0 aromatic rings. The molecule has 62 valence electrons. The van der Waals surface area contributed by atoms with E-state index < -0.39 is 0 Å². The van der Waals surface area contributed by atoms with Gasteiger partial charge in [-0.3, -0.25) is 0 Å². The minimum absolute atomic E-state index is 0.752. The number of hydrogen-bond acceptors (Lipinski definition) is 0. The fraction of sp³-hybridized carbons (Fsp3) is 0.400. The average Bonchev–Trinajstić information content (AvgIpc) is 1.96. The van der Waals surface area contributed by atoms with Gasteiger partial charge in [0.25, 0.3) is 0 Å². The first kappa shape index (κ1) is 10.5. The van der Waals surface area contributed by atoms with E-state index in [0.29, 0.717) is 0 Å². The maximum absolute atomic E-state index is 5.58. The molecule has 11 heavy (non-hydrogen) atoms. The molecule has 0 aliphatic heterocycles. The van der Waals surface area contributed by atoms with Crippen molar-refractivity contribution in [2.24, 2.45) is 0 Å². The first-order valence-electron chi connectivity index (χ1n) is 3.86. The standard InChI is InChI=1S/C10H15Cl/c1-3-4-5-6-7-8-9-10(2)11/h3,5-6H,1-2,4,7-9H2. The van der Waals surface area contributed by atoms with E-state index >= 15 is 0 Å². The third-order valence-corrected chi connectivity index (χ3v) is 1.48. The topological polar surface area (TPSA) is 0 Å². The lowest BCUT2D eigenvalue weighted by atomic mass is 10.2. The molecule has 0 N–H and O–H groups in total. The van der Waals surface area contributed by atoms with Crippen molar-refractivity contribution in [2.75, 3.05) is 0 Å². The zero-order valence-corrected chi connectivity index (χ0v) is 7.61. The molecule has 0 bridgehead atoms. The quantitative estimate of drug-likeness (QED) is 0.417. The van der Waals surface area contributed by atoms with Gasteiger partial charge in [0.05, 0.1) is 0 Å². The van der Waals surface area contributed by atoms with Gasteiger partial charge in [0.2, 0.25) is 0 Å². The summed E-state index contributed by atoms with van der Waals surface area (Å²) in [5, 5.41) is 0.752. The first-order valence-corrected chi connectivity index (χ1v) is 4.24. The normalized spacial score (nSPS) is 10.3. The van der Waals surface area contributed by atoms with Gasteiger partial charge in [-0.25, -0.2) is 0 Å². The maximum Gasteiger partial charge on any atom is 0.0109 e. The third-order valence-electron chi connectivity index (χ3n) is 1.29. The smallest absolute Gasteiger partial charge is 0.0109 e. The second-order valence-corrected chi connectivity index (χ2v) is 2.94. The van der Waals surface area contributed by atoms with Crippen LogP contribution in [0.2, 0.25) is 0 Å². The van der Waals surface area contributed by atoms with Gasteiger partial charge in [-0.15, -0.1) is 6.58 Å². The van der Waals surface area contributed by atoms with E-state index in [9.17, 15) is 0 Å². The number of halogens is 1. The highest BCUT2D eigenvalue weighted by Gasteiger charge is 1.86. The highest BCUT2D eigenvalue weighted by Crippen LogP contribution is 2.08. The van der Waals surface area contributed by atoms with Crippen LogP contribution >= 0.6 is 11.6 Å². The summed E-state index contributed by atoms with van der Waals surface area (Å²) >= 11 is 5.58. The molecule has 0 saturated carbocycles. The molecule has 0 atom stereocenters. The lowest BCUT2D eigenvalue weighted by molar-refractivity contribution is 0.858. The largest absolute Gasteiger partial charge is 0.103 e. The van der Waals surface area contributed by atoms with Crippen LogP contribution in [0, 0.1) is 0 Å². The Bertz CT molecular complexity index is 145. The second-order valence-electron chi connectivity index (χ2n) is 2.41. The van der Waals surface area contributed by atoms with Crippen molar-refractivity contribution in [1.29, 1.82) is 0 Å². The minimum Gasteiger partial charge on any atom is -0.103 e. The number of allylic oxidation sites excluding steroid dienone is 4. The zero-order valence-electron chi connectivity index (χ0n) is 6.85. The van der Waals surface area contributed by atoms with Gasteiger partial charge < -0.3 is 0 Å². The van der Waals surface area contributed by atoms with Gasteiger partial charge in [0.15, 0.2) is 0 Å². The van der Waals surface area contributed by atoms with E-state index in [1.165, 1.54) is 0 Å². The van der Waals surface area contributed by atoms with Crippen molar-refractivity contribution < 1.29 is 0 Å². The summed E-state index contributed by atoms with van der Waals surface area (Å²) in [6, 6.07) is 0. The number of hydrogen-bond donors (Lipinski definition) is 0. The summed E-state index contributed by atoms with van der Waals surface area (Å²) in [6.07, 6.45) is 10.2. The summed E-state index contributed by atoms with van der Waals surface area (Å²) < 4.78 is 0. The van der Waals surface area contributed by atoms with Crippen LogP contribution in [0.5, 0.6) is 0 Å². The van der Waals surface area contributed by atoms with E-state index in [2.05, 4.69) is 25.3 Å². The Balaban J connectivity index is 3.13. The lowest BCUT2D eigenvalue weighted by Crippen LogP contribution is -1.71. The third kappa shape index (κ3) is 9.51. The summed E-state index contributed by atoms with van der Waals surface area (Å²) in [5.41, 5.74) is 0. The summed E-state index contributed by atoms with van der Waals surface area (Å²) in [4.78, 5) is 0. The molecule has 0 aromatic carbocycles. The molecular formula is C10H15Cl. The van der Waals surface area contributed by atoms with Crippen molar-refractivity contribution in [2.45, 2.75) is 25.7 Å². The molecule has 0 aliphatic carbocycles. The number of unbranched alkanes of at least 4 members (excludes halogenated alkanes) is 1. The maximum atomic E-state index is 5.58. The van der Waals surface area contributed by atoms with E-state index in [1.54, 1.807) is 0 Å². The highest BCUT2D eigenvalue weighted by atomic mass is 35.5. The molecule has 0 unspecified atom stereocenters. The van der Waals surface area contributed by atoms with Crippen LogP contribution < -0.4 is 0 Å². The summed E-state index contributed by atoms with van der Waals surface area (Å²) in [7, 11) is 0. The highest BCUT2D eigenvalue weighted by molar-refractivity contribution is 6.29. The molecule has 0 nitrogen and oxygen atoms in total. The Morgan fingerprint density at radius 3 is 2.64 bits per heavy atom. The van der Waals surface area contributed by atoms with E-state index in [4.69, 9.17) is 11.6 Å². The Labute approximate surface area is 74.3 Å². The van der Waals surface area contributed by atoms with E-state index in [-0.39, 0.29) is 0 Å². The molecule has 0 spiro atoms. The Hall–Kier alpha value is -0.490. The van der Waals surface area contributed by atoms with E-state index in [1.807, 2.05) is 6.08 Å². The molecule has 0 rings (SSSR count). The van der Waals surface area contributed by atoms with Crippen LogP contribution in [-0.4, -0.2) is 0 Å². The molecule has 0 aromatic heterocycles. The van der Waals surface area contributed by atoms with Crippen LogP contribution in [0.3, 0.4) is 0 Å². The monoisotopic (exact) mass is 170 g/mol. The molecule has 0 aliphatic rings. The Kier molecular flexibility index (Phi) is 7.28. The van der Waals surface area contributed by atoms with Crippen molar-refractivity contribution >= 4 is 11.6 Å². The molecule has 0 saturated heterocycles. The fourth-order valence-corrected chi connectivity index (χ4v) is 0.856.